The van der Waals surface area contributed by atoms with Crippen molar-refractivity contribution in [1.82, 2.24) is 10.6 Å². The van der Waals surface area contributed by atoms with Crippen molar-refractivity contribution < 1.29 is 28.6 Å². The first-order chi connectivity index (χ1) is 12.0. The summed E-state index contributed by atoms with van der Waals surface area (Å²) in [5.74, 6) is -1.47. The number of rotatable bonds is 6. The molecular weight excluding hydrogens is 330 g/mol. The molecule has 0 fully saturated rings. The van der Waals surface area contributed by atoms with E-state index < -0.39 is 24.0 Å². The first-order valence-corrected chi connectivity index (χ1v) is 7.80. The Hall–Kier alpha value is -3.10. The van der Waals surface area contributed by atoms with E-state index in [0.717, 1.165) is 0 Å². The van der Waals surface area contributed by atoms with Crippen molar-refractivity contribution in [2.75, 3.05) is 13.2 Å². The zero-order valence-electron chi connectivity index (χ0n) is 13.9. The van der Waals surface area contributed by atoms with E-state index in [1.165, 1.54) is 24.4 Å². The van der Waals surface area contributed by atoms with Gasteiger partial charge in [0.25, 0.3) is 0 Å². The van der Waals surface area contributed by atoms with E-state index in [1.54, 1.807) is 13.8 Å². The van der Waals surface area contributed by atoms with Crippen molar-refractivity contribution in [3.8, 4) is 0 Å². The summed E-state index contributed by atoms with van der Waals surface area (Å²) >= 11 is 0. The highest BCUT2D eigenvalue weighted by Crippen LogP contribution is 2.17. The van der Waals surface area contributed by atoms with E-state index in [4.69, 9.17) is 9.47 Å². The standard InChI is InChI=1S/C16H19N3O6/c1-3-10-13(15(21)24-4-2)11(18-16(22)17-10)9-25-14(20)12-7-5-6-8-19(12)23/h5-8,10H,3-4,9H2,1-2H3,(H2,17,18,22)/t10-/m1/s1. The molecule has 0 saturated carbocycles. The second-order valence-electron chi connectivity index (χ2n) is 5.16. The summed E-state index contributed by atoms with van der Waals surface area (Å²) < 4.78 is 10.5. The van der Waals surface area contributed by atoms with Crippen molar-refractivity contribution in [2.24, 2.45) is 0 Å². The second kappa shape index (κ2) is 8.13. The Labute approximate surface area is 144 Å². The van der Waals surface area contributed by atoms with E-state index in [-0.39, 0.29) is 30.2 Å². The molecule has 1 atom stereocenters. The summed E-state index contributed by atoms with van der Waals surface area (Å²) in [6.45, 7) is 3.26. The minimum Gasteiger partial charge on any atom is -0.618 e. The van der Waals surface area contributed by atoms with Gasteiger partial charge in [0.1, 0.15) is 6.61 Å². The molecule has 1 aliphatic heterocycles. The number of aromatic nitrogens is 1. The third-order valence-corrected chi connectivity index (χ3v) is 3.53. The molecule has 134 valence electrons. The van der Waals surface area contributed by atoms with Gasteiger partial charge in [0.05, 0.1) is 23.9 Å². The van der Waals surface area contributed by atoms with Gasteiger partial charge in [-0.3, -0.25) is 0 Å². The van der Waals surface area contributed by atoms with Crippen molar-refractivity contribution in [1.29, 1.82) is 0 Å². The number of hydrogen-bond donors (Lipinski definition) is 2. The lowest BCUT2D eigenvalue weighted by molar-refractivity contribution is -0.608. The number of carbonyl (C=O) groups is 3. The number of urea groups is 1. The molecule has 0 aliphatic carbocycles. The fourth-order valence-corrected chi connectivity index (χ4v) is 2.37. The van der Waals surface area contributed by atoms with E-state index in [1.807, 2.05) is 0 Å². The Bertz CT molecular complexity index is 716. The Morgan fingerprint density at radius 2 is 2.00 bits per heavy atom. The molecule has 0 bridgehead atoms. The van der Waals surface area contributed by atoms with Crippen molar-refractivity contribution in [3.63, 3.8) is 0 Å². The van der Waals surface area contributed by atoms with Crippen molar-refractivity contribution in [2.45, 2.75) is 26.3 Å². The minimum atomic E-state index is -0.868. The Morgan fingerprint density at radius 1 is 1.24 bits per heavy atom. The van der Waals surface area contributed by atoms with Gasteiger partial charge in [-0.05, 0) is 19.4 Å². The zero-order valence-corrected chi connectivity index (χ0v) is 13.9. The lowest BCUT2D eigenvalue weighted by atomic mass is 10.0. The zero-order chi connectivity index (χ0) is 18.4. The smallest absolute Gasteiger partial charge is 0.405 e. The summed E-state index contributed by atoms with van der Waals surface area (Å²) in [6, 6.07) is 3.25. The maximum Gasteiger partial charge on any atom is 0.405 e. The second-order valence-corrected chi connectivity index (χ2v) is 5.16. The molecule has 2 N–H and O–H groups in total. The highest BCUT2D eigenvalue weighted by Gasteiger charge is 2.32. The number of ether oxygens (including phenoxy) is 2. The molecule has 2 heterocycles. The van der Waals surface area contributed by atoms with Crippen LogP contribution in [-0.4, -0.2) is 37.2 Å². The Kier molecular flexibility index (Phi) is 5.93. The number of nitrogens with zero attached hydrogens (tertiary/aromatic N) is 1. The van der Waals surface area contributed by atoms with Crippen LogP contribution in [-0.2, 0) is 14.3 Å². The van der Waals surface area contributed by atoms with Crippen LogP contribution in [0.25, 0.3) is 0 Å². The first kappa shape index (κ1) is 18.2. The summed E-state index contributed by atoms with van der Waals surface area (Å²) in [5.41, 5.74) is 0.128. The normalized spacial score (nSPS) is 16.7. The molecule has 2 rings (SSSR count). The average Bonchev–Trinajstić information content (AvgIpc) is 2.59. The predicted octanol–water partition coefficient (Wildman–Crippen LogP) is 0.385. The quantitative estimate of drug-likeness (QED) is 0.435. The van der Waals surface area contributed by atoms with Gasteiger partial charge in [0, 0.05) is 12.1 Å². The van der Waals surface area contributed by atoms with Crippen LogP contribution >= 0.6 is 0 Å². The summed E-state index contributed by atoms with van der Waals surface area (Å²) in [5, 5.41) is 16.6. The third-order valence-electron chi connectivity index (χ3n) is 3.53. The number of esters is 2. The van der Waals surface area contributed by atoms with Gasteiger partial charge in [0.15, 0.2) is 6.20 Å². The Morgan fingerprint density at radius 3 is 2.64 bits per heavy atom. The van der Waals surface area contributed by atoms with Crippen LogP contribution in [0.4, 0.5) is 4.79 Å². The number of pyridine rings is 1. The fourth-order valence-electron chi connectivity index (χ4n) is 2.37. The van der Waals surface area contributed by atoms with Gasteiger partial charge in [-0.25, -0.2) is 14.4 Å². The molecule has 2 amide bonds. The number of nitrogens with one attached hydrogen (secondary N) is 2. The minimum absolute atomic E-state index is 0.135. The Balaban J connectivity index is 2.22. The first-order valence-electron chi connectivity index (χ1n) is 7.80. The van der Waals surface area contributed by atoms with Gasteiger partial charge < -0.3 is 25.3 Å². The van der Waals surface area contributed by atoms with Gasteiger partial charge in [-0.2, -0.15) is 4.73 Å². The van der Waals surface area contributed by atoms with Gasteiger partial charge in [-0.1, -0.05) is 6.92 Å². The molecule has 1 aromatic heterocycles. The maximum atomic E-state index is 12.2. The fraction of sp³-hybridized carbons (Fsp3) is 0.375. The van der Waals surface area contributed by atoms with Crippen LogP contribution in [0.5, 0.6) is 0 Å². The third kappa shape index (κ3) is 4.25. The monoisotopic (exact) mass is 349 g/mol. The molecule has 0 aromatic carbocycles. The molecule has 1 aliphatic rings. The lowest BCUT2D eigenvalue weighted by Crippen LogP contribution is -2.51. The summed E-state index contributed by atoms with van der Waals surface area (Å²) in [6.07, 6.45) is 1.62. The topological polar surface area (TPSA) is 121 Å². The van der Waals surface area contributed by atoms with Crippen LogP contribution in [0.1, 0.15) is 30.8 Å². The lowest BCUT2D eigenvalue weighted by Gasteiger charge is -2.28. The summed E-state index contributed by atoms with van der Waals surface area (Å²) in [4.78, 5) is 36.0. The number of amides is 2. The SMILES string of the molecule is CCOC(=O)C1=C(COC(=O)c2cccc[n+]2[O-])NC(=O)N[C@@H]1CC. The van der Waals surface area contributed by atoms with Crippen LogP contribution in [0, 0.1) is 5.21 Å². The predicted molar refractivity (Wildman–Crippen MR) is 85.1 cm³/mol. The molecule has 9 nitrogen and oxygen atoms in total. The van der Waals surface area contributed by atoms with E-state index in [0.29, 0.717) is 11.2 Å². The van der Waals surface area contributed by atoms with E-state index in [9.17, 15) is 19.6 Å². The molecule has 0 radical (unpaired) electrons. The highest BCUT2D eigenvalue weighted by atomic mass is 16.5. The molecule has 1 aromatic rings. The maximum absolute atomic E-state index is 12.2. The van der Waals surface area contributed by atoms with Crippen LogP contribution < -0.4 is 15.4 Å². The molecule has 0 unspecified atom stereocenters. The van der Waals surface area contributed by atoms with E-state index in [2.05, 4.69) is 10.6 Å². The van der Waals surface area contributed by atoms with Crippen molar-refractivity contribution >= 4 is 18.0 Å². The number of carbonyl (C=O) groups excluding carboxylic acids is 3. The van der Waals surface area contributed by atoms with Gasteiger partial charge in [0.2, 0.25) is 0 Å². The molecule has 0 saturated heterocycles. The van der Waals surface area contributed by atoms with Crippen LogP contribution in [0.2, 0.25) is 0 Å². The van der Waals surface area contributed by atoms with Crippen molar-refractivity contribution in [3.05, 3.63) is 46.6 Å². The number of hydrogen-bond acceptors (Lipinski definition) is 6. The van der Waals surface area contributed by atoms with Gasteiger partial charge in [-0.15, -0.1) is 0 Å². The van der Waals surface area contributed by atoms with Gasteiger partial charge >= 0.3 is 23.7 Å². The van der Waals surface area contributed by atoms with E-state index >= 15 is 0 Å². The molecule has 9 heteroatoms. The highest BCUT2D eigenvalue weighted by molar-refractivity contribution is 5.95. The van der Waals surface area contributed by atoms with Crippen LogP contribution in [0.15, 0.2) is 35.7 Å². The average molecular weight is 349 g/mol. The van der Waals surface area contributed by atoms with Crippen LogP contribution in [0.3, 0.4) is 0 Å². The summed E-state index contributed by atoms with van der Waals surface area (Å²) in [7, 11) is 0. The largest absolute Gasteiger partial charge is 0.618 e. The molecular formula is C16H19N3O6. The molecule has 25 heavy (non-hydrogen) atoms. The molecule has 0 spiro atoms.